The van der Waals surface area contributed by atoms with Gasteiger partial charge in [-0.25, -0.2) is 0 Å². The van der Waals surface area contributed by atoms with Crippen LogP contribution in [0.4, 0.5) is 0 Å². The number of amides is 1. The lowest BCUT2D eigenvalue weighted by atomic mass is 9.35. The highest BCUT2D eigenvalue weighted by molar-refractivity contribution is 5.80. The van der Waals surface area contributed by atoms with E-state index in [1.807, 2.05) is 0 Å². The number of fused-ring (bicyclic) bond motifs is 2. The van der Waals surface area contributed by atoms with Gasteiger partial charge in [0, 0.05) is 55.0 Å². The van der Waals surface area contributed by atoms with Crippen LogP contribution >= 0.6 is 0 Å². The van der Waals surface area contributed by atoms with Gasteiger partial charge in [0.15, 0.2) is 11.5 Å². The molecule has 1 saturated heterocycles. The van der Waals surface area contributed by atoms with Gasteiger partial charge in [-0.2, -0.15) is 0 Å². The predicted octanol–water partition coefficient (Wildman–Crippen LogP) is 2.60. The molecule has 3 N–H and O–H groups in total. The Balaban J connectivity index is 1.30. The number of likely N-dealkylation sites (tertiary alicyclic amines) is 1. The van der Waals surface area contributed by atoms with Gasteiger partial charge in [0.2, 0.25) is 5.91 Å². The fourth-order valence-electron chi connectivity index (χ4n) is 9.33. The van der Waals surface area contributed by atoms with Crippen LogP contribution in [0.2, 0.25) is 0 Å². The summed E-state index contributed by atoms with van der Waals surface area (Å²) in [6.45, 7) is 2.67. The number of aliphatic carboxylic acids is 1. The largest absolute Gasteiger partial charge is 0.504 e. The molecule has 8 nitrogen and oxygen atoms in total. The van der Waals surface area contributed by atoms with Crippen molar-refractivity contribution in [2.24, 2.45) is 17.3 Å². The Kier molecular flexibility index (Phi) is 4.82. The topological polar surface area (TPSA) is 108 Å². The van der Waals surface area contributed by atoms with Crippen LogP contribution < -0.4 is 10.1 Å². The number of phenolic OH excluding ortho intramolecular Hbond substituents is 1. The second-order valence-corrected chi connectivity index (χ2v) is 12.2. The van der Waals surface area contributed by atoms with E-state index in [4.69, 9.17) is 14.6 Å². The van der Waals surface area contributed by atoms with Crippen molar-refractivity contribution < 1.29 is 29.3 Å². The number of hydrogen-bond acceptors (Lipinski definition) is 6. The highest BCUT2D eigenvalue weighted by Gasteiger charge is 2.80. The zero-order valence-corrected chi connectivity index (χ0v) is 20.9. The number of aromatic hydroxyl groups is 1. The van der Waals surface area contributed by atoms with Gasteiger partial charge in [-0.05, 0) is 69.0 Å². The van der Waals surface area contributed by atoms with Crippen molar-refractivity contribution in [3.63, 3.8) is 0 Å². The van der Waals surface area contributed by atoms with Crippen LogP contribution in [0.15, 0.2) is 12.1 Å². The molecular formula is C28H36N2O6. The van der Waals surface area contributed by atoms with Gasteiger partial charge in [0.1, 0.15) is 11.7 Å². The molecule has 7 aliphatic rings. The van der Waals surface area contributed by atoms with Gasteiger partial charge >= 0.3 is 5.97 Å². The highest BCUT2D eigenvalue weighted by atomic mass is 16.6. The van der Waals surface area contributed by atoms with E-state index >= 15 is 0 Å². The van der Waals surface area contributed by atoms with E-state index in [0.717, 1.165) is 44.6 Å². The molecule has 2 unspecified atom stereocenters. The third-order valence-corrected chi connectivity index (χ3v) is 10.9. The van der Waals surface area contributed by atoms with Crippen LogP contribution in [0.3, 0.4) is 0 Å². The minimum atomic E-state index is -0.963. The summed E-state index contributed by atoms with van der Waals surface area (Å²) in [6.07, 6.45) is 7.13. The number of carboxylic acid groups (broad SMARTS) is 1. The number of piperidine rings is 1. The van der Waals surface area contributed by atoms with Gasteiger partial charge in [0.25, 0.3) is 0 Å². The van der Waals surface area contributed by atoms with Crippen LogP contribution in [-0.2, 0) is 26.2 Å². The maximum atomic E-state index is 12.5. The Morgan fingerprint density at radius 2 is 2.06 bits per heavy atom. The molecule has 5 fully saturated rings. The second-order valence-electron chi connectivity index (χ2n) is 12.2. The molecule has 4 saturated carbocycles. The molecule has 6 atom stereocenters. The third kappa shape index (κ3) is 2.77. The normalized spacial score (nSPS) is 39.4. The summed E-state index contributed by atoms with van der Waals surface area (Å²) < 4.78 is 13.2. The number of carbonyl (C=O) groups is 2. The van der Waals surface area contributed by atoms with Crippen molar-refractivity contribution in [2.45, 2.75) is 80.9 Å². The molecule has 2 aliphatic heterocycles. The molecule has 5 aliphatic carbocycles. The average Bonchev–Trinajstić information content (AvgIpc) is 3.61. The molecule has 8 heteroatoms. The van der Waals surface area contributed by atoms with Crippen molar-refractivity contribution in [3.8, 4) is 11.5 Å². The van der Waals surface area contributed by atoms with Gasteiger partial charge in [-0.3, -0.25) is 14.5 Å². The first-order valence-corrected chi connectivity index (χ1v) is 13.6. The summed E-state index contributed by atoms with van der Waals surface area (Å²) in [6, 6.07) is 4.33. The summed E-state index contributed by atoms with van der Waals surface area (Å²) in [5.74, 6) is 0.560. The van der Waals surface area contributed by atoms with Gasteiger partial charge in [-0.15, -0.1) is 0 Å². The maximum Gasteiger partial charge on any atom is 0.303 e. The Morgan fingerprint density at radius 3 is 2.81 bits per heavy atom. The van der Waals surface area contributed by atoms with Crippen molar-refractivity contribution in [1.29, 1.82) is 0 Å². The third-order valence-electron chi connectivity index (χ3n) is 10.9. The minimum absolute atomic E-state index is 0.00753. The second kappa shape index (κ2) is 7.60. The van der Waals surface area contributed by atoms with E-state index in [2.05, 4.69) is 16.3 Å². The summed E-state index contributed by atoms with van der Waals surface area (Å²) in [7, 11) is 1.77. The zero-order valence-electron chi connectivity index (χ0n) is 20.9. The number of carboxylic acids is 1. The summed E-state index contributed by atoms with van der Waals surface area (Å²) in [5, 5.41) is 22.9. The molecule has 36 heavy (non-hydrogen) atoms. The molecule has 8 rings (SSSR count). The lowest BCUT2D eigenvalue weighted by molar-refractivity contribution is -0.276. The van der Waals surface area contributed by atoms with Gasteiger partial charge in [0.05, 0.1) is 6.42 Å². The number of nitrogens with zero attached hydrogens (tertiary/aromatic N) is 1. The van der Waals surface area contributed by atoms with E-state index in [1.165, 1.54) is 30.5 Å². The number of benzene rings is 1. The lowest BCUT2D eigenvalue weighted by Gasteiger charge is -2.74. The molecule has 1 aromatic carbocycles. The number of methoxy groups -OCH3 is 1. The van der Waals surface area contributed by atoms with Crippen molar-refractivity contribution in [1.82, 2.24) is 10.2 Å². The quantitative estimate of drug-likeness (QED) is 0.508. The average molecular weight is 497 g/mol. The van der Waals surface area contributed by atoms with Crippen LogP contribution in [0.5, 0.6) is 11.5 Å². The Hall–Kier alpha value is -2.32. The van der Waals surface area contributed by atoms with Crippen molar-refractivity contribution in [3.05, 3.63) is 23.3 Å². The molecule has 2 spiro atoms. The predicted molar refractivity (Wildman–Crippen MR) is 130 cm³/mol. The molecule has 1 amide bonds. The molecule has 2 heterocycles. The summed E-state index contributed by atoms with van der Waals surface area (Å²) in [5.41, 5.74) is 1.81. The van der Waals surface area contributed by atoms with E-state index in [0.29, 0.717) is 18.3 Å². The van der Waals surface area contributed by atoms with Crippen LogP contribution in [0.25, 0.3) is 0 Å². The Labute approximate surface area is 211 Å². The Bertz CT molecular complexity index is 1140. The first-order valence-electron chi connectivity index (χ1n) is 13.6. The van der Waals surface area contributed by atoms with E-state index < -0.39 is 11.6 Å². The molecule has 0 aromatic heterocycles. The highest BCUT2D eigenvalue weighted by Crippen LogP contribution is 2.76. The van der Waals surface area contributed by atoms with Crippen molar-refractivity contribution >= 4 is 11.9 Å². The lowest BCUT2D eigenvalue weighted by Crippen LogP contribution is -2.81. The first kappa shape index (κ1) is 22.8. The number of carbonyl (C=O) groups excluding carboxylic acids is 1. The summed E-state index contributed by atoms with van der Waals surface area (Å²) >= 11 is 0. The fraction of sp³-hybridized carbons (Fsp3) is 0.714. The van der Waals surface area contributed by atoms with E-state index in [1.54, 1.807) is 13.2 Å². The smallest absolute Gasteiger partial charge is 0.303 e. The molecule has 1 aromatic rings. The SMILES string of the molecule is COC12CC[C@@]3(C[C@@H]1CNC(=O)CCC(=O)O)[C@H]1Cc4ccc(O)c5c4[C@@]3(CCN1CC1CC1)C2O5. The van der Waals surface area contributed by atoms with E-state index in [9.17, 15) is 14.7 Å². The zero-order chi connectivity index (χ0) is 24.9. The first-order chi connectivity index (χ1) is 17.3. The number of phenols is 1. The summed E-state index contributed by atoms with van der Waals surface area (Å²) in [4.78, 5) is 26.2. The maximum absolute atomic E-state index is 12.5. The van der Waals surface area contributed by atoms with E-state index in [-0.39, 0.29) is 47.4 Å². The molecular weight excluding hydrogens is 460 g/mol. The number of rotatable bonds is 8. The van der Waals surface area contributed by atoms with Gasteiger partial charge < -0.3 is 25.0 Å². The molecule has 0 radical (unpaired) electrons. The van der Waals surface area contributed by atoms with Crippen LogP contribution in [0.1, 0.15) is 62.5 Å². The van der Waals surface area contributed by atoms with Crippen LogP contribution in [-0.4, -0.2) is 71.5 Å². The van der Waals surface area contributed by atoms with Crippen LogP contribution in [0, 0.1) is 17.3 Å². The molecule has 4 bridgehead atoms. The van der Waals surface area contributed by atoms with Crippen molar-refractivity contribution in [2.75, 3.05) is 26.7 Å². The molecule has 194 valence electrons. The standard InChI is InChI=1S/C28H36N2O6/c1-35-28-9-8-26(13-18(28)14-29-21(32)6-7-22(33)34)20-12-17-4-5-19(31)24-23(17)27(26,25(28)36-24)10-11-30(20)15-16-2-3-16/h4-5,16,18,20,25,31H,2-3,6-15H2,1H3,(H,29,32)(H,33,34)/t18-,20-,25?,26-,27+,28?/m1/s1. The number of hydrogen-bond donors (Lipinski definition) is 3. The number of ether oxygens (including phenoxy) is 2. The monoisotopic (exact) mass is 496 g/mol. The number of nitrogens with one attached hydrogen (secondary N) is 1. The Morgan fingerprint density at radius 1 is 1.22 bits per heavy atom. The minimum Gasteiger partial charge on any atom is -0.504 e. The fourth-order valence-corrected chi connectivity index (χ4v) is 9.33. The van der Waals surface area contributed by atoms with Gasteiger partial charge in [-0.1, -0.05) is 6.07 Å².